The number of hydrogen-bond acceptors (Lipinski definition) is 7. The number of aliphatic carboxylic acids is 1. The Morgan fingerprint density at radius 3 is 2.11 bits per heavy atom. The van der Waals surface area contributed by atoms with Crippen LogP contribution in [0.4, 0.5) is 0 Å². The Labute approximate surface area is 104 Å². The van der Waals surface area contributed by atoms with Crippen molar-refractivity contribution in [2.75, 3.05) is 21.3 Å². The van der Waals surface area contributed by atoms with Gasteiger partial charge in [0.15, 0.2) is 5.92 Å². The fourth-order valence-corrected chi connectivity index (χ4v) is 3.01. The van der Waals surface area contributed by atoms with Crippen LogP contribution < -0.4 is 0 Å². The van der Waals surface area contributed by atoms with E-state index >= 15 is 0 Å². The normalized spacial score (nSPS) is 14.3. The van der Waals surface area contributed by atoms with Crippen molar-refractivity contribution in [3.8, 4) is 6.07 Å². The molecule has 0 aliphatic carbocycles. The number of carboxylic acid groups (broad SMARTS) is 1. The highest BCUT2D eigenvalue weighted by atomic mass is 31.2. The Kier molecular flexibility index (Phi) is 6.55. The molecule has 18 heavy (non-hydrogen) atoms. The average molecular weight is 279 g/mol. The van der Waals surface area contributed by atoms with Crippen molar-refractivity contribution in [1.82, 2.24) is 0 Å². The molecule has 1 N–H and O–H groups in total. The number of esters is 1. The number of rotatable bonds is 7. The molecule has 0 aromatic rings. The molecule has 0 heterocycles. The number of nitriles is 1. The van der Waals surface area contributed by atoms with Gasteiger partial charge in [-0.25, -0.2) is 0 Å². The first-order chi connectivity index (χ1) is 8.37. The van der Waals surface area contributed by atoms with Crippen molar-refractivity contribution in [1.29, 1.82) is 5.26 Å². The van der Waals surface area contributed by atoms with Gasteiger partial charge >= 0.3 is 19.5 Å². The van der Waals surface area contributed by atoms with Gasteiger partial charge in [-0.2, -0.15) is 5.26 Å². The summed E-state index contributed by atoms with van der Waals surface area (Å²) >= 11 is 0. The van der Waals surface area contributed by atoms with E-state index in [-0.39, 0.29) is 0 Å². The quantitative estimate of drug-likeness (QED) is 0.409. The number of carbonyl (C=O) groups is 2. The van der Waals surface area contributed by atoms with E-state index in [0.717, 1.165) is 21.3 Å². The van der Waals surface area contributed by atoms with Gasteiger partial charge in [0, 0.05) is 14.2 Å². The summed E-state index contributed by atoms with van der Waals surface area (Å²) in [6, 6.07) is 1.65. The van der Waals surface area contributed by atoms with E-state index in [1.165, 1.54) is 0 Å². The van der Waals surface area contributed by atoms with Gasteiger partial charge in [0.25, 0.3) is 0 Å². The summed E-state index contributed by atoms with van der Waals surface area (Å²) in [4.78, 5) is 22.5. The van der Waals surface area contributed by atoms with Crippen molar-refractivity contribution in [3.63, 3.8) is 0 Å². The topological polar surface area (TPSA) is 123 Å². The van der Waals surface area contributed by atoms with Crippen LogP contribution in [-0.2, 0) is 27.9 Å². The van der Waals surface area contributed by atoms with Gasteiger partial charge in [-0.15, -0.1) is 0 Å². The summed E-state index contributed by atoms with van der Waals surface area (Å²) < 4.78 is 25.7. The molecule has 0 aliphatic rings. The lowest BCUT2D eigenvalue weighted by atomic mass is 10.0. The van der Waals surface area contributed by atoms with Gasteiger partial charge in [-0.1, -0.05) is 0 Å². The van der Waals surface area contributed by atoms with Crippen molar-refractivity contribution in [2.45, 2.75) is 12.1 Å². The summed E-state index contributed by atoms with van der Waals surface area (Å²) in [6.45, 7) is 0. The third-order valence-corrected chi connectivity index (χ3v) is 4.63. The molecule has 8 nitrogen and oxygen atoms in total. The monoisotopic (exact) mass is 279 g/mol. The third kappa shape index (κ3) is 3.53. The number of methoxy groups -OCH3 is 1. The Morgan fingerprint density at radius 2 is 1.83 bits per heavy atom. The molecule has 0 aromatic heterocycles. The molecule has 0 amide bonds. The van der Waals surface area contributed by atoms with Crippen LogP contribution in [0.3, 0.4) is 0 Å². The maximum absolute atomic E-state index is 12.1. The van der Waals surface area contributed by atoms with E-state index in [0.29, 0.717) is 0 Å². The Bertz CT molecular complexity index is 394. The molecule has 0 rings (SSSR count). The summed E-state index contributed by atoms with van der Waals surface area (Å²) in [6.07, 6.45) is -0.481. The van der Waals surface area contributed by atoms with E-state index in [2.05, 4.69) is 13.8 Å². The summed E-state index contributed by atoms with van der Waals surface area (Å²) in [7, 11) is -0.804. The van der Waals surface area contributed by atoms with Crippen LogP contribution in [-0.4, -0.2) is 44.0 Å². The van der Waals surface area contributed by atoms with Gasteiger partial charge in [0.05, 0.1) is 25.3 Å². The zero-order valence-corrected chi connectivity index (χ0v) is 11.0. The van der Waals surface area contributed by atoms with Gasteiger partial charge < -0.3 is 18.9 Å². The van der Waals surface area contributed by atoms with Crippen LogP contribution >= 0.6 is 7.60 Å². The lowest BCUT2D eigenvalue weighted by molar-refractivity contribution is -0.157. The summed E-state index contributed by atoms with van der Waals surface area (Å²) in [5.74, 6) is -4.46. The minimum absolute atomic E-state index is 0.481. The van der Waals surface area contributed by atoms with Crippen LogP contribution in [0.15, 0.2) is 0 Å². The molecule has 0 radical (unpaired) electrons. The number of carboxylic acids is 1. The number of nitrogens with zero attached hydrogens (tertiary/aromatic N) is 1. The molecule has 0 saturated heterocycles. The minimum atomic E-state index is -3.89. The Morgan fingerprint density at radius 1 is 1.33 bits per heavy atom. The second-order valence-corrected chi connectivity index (χ2v) is 5.65. The zero-order valence-electron chi connectivity index (χ0n) is 10.2. The van der Waals surface area contributed by atoms with Crippen molar-refractivity contribution in [3.05, 3.63) is 0 Å². The Hall–Kier alpha value is -1.42. The molecule has 2 atom stereocenters. The molecule has 9 heteroatoms. The minimum Gasteiger partial charge on any atom is -0.481 e. The molecular formula is C9H14NO7P. The van der Waals surface area contributed by atoms with Gasteiger partial charge in [0.1, 0.15) is 0 Å². The highest BCUT2D eigenvalue weighted by molar-refractivity contribution is 7.54. The second kappa shape index (κ2) is 7.11. The van der Waals surface area contributed by atoms with E-state index in [4.69, 9.17) is 10.4 Å². The van der Waals surface area contributed by atoms with E-state index in [1.54, 1.807) is 6.07 Å². The fourth-order valence-electron chi connectivity index (χ4n) is 1.40. The molecule has 0 bridgehead atoms. The van der Waals surface area contributed by atoms with Gasteiger partial charge in [-0.05, 0) is 0 Å². The van der Waals surface area contributed by atoms with E-state index in [1.807, 2.05) is 0 Å². The summed E-state index contributed by atoms with van der Waals surface area (Å²) in [5, 5.41) is 17.6. The largest absolute Gasteiger partial charge is 0.481 e. The van der Waals surface area contributed by atoms with Crippen LogP contribution in [0.1, 0.15) is 6.42 Å². The highest BCUT2D eigenvalue weighted by Gasteiger charge is 2.48. The smallest absolute Gasteiger partial charge is 0.335 e. The maximum atomic E-state index is 12.1. The summed E-state index contributed by atoms with van der Waals surface area (Å²) in [5.41, 5.74) is -1.43. The van der Waals surface area contributed by atoms with Crippen LogP contribution in [0.25, 0.3) is 0 Å². The first-order valence-electron chi connectivity index (χ1n) is 4.76. The number of ether oxygens (including phenoxy) is 1. The molecule has 2 unspecified atom stereocenters. The van der Waals surface area contributed by atoms with Crippen molar-refractivity contribution < 1.29 is 33.0 Å². The van der Waals surface area contributed by atoms with Gasteiger partial charge in [-0.3, -0.25) is 14.2 Å². The third-order valence-electron chi connectivity index (χ3n) is 2.32. The number of carbonyl (C=O) groups excluding carboxylic acids is 1. The second-order valence-electron chi connectivity index (χ2n) is 3.17. The zero-order chi connectivity index (χ0) is 14.3. The average Bonchev–Trinajstić information content (AvgIpc) is 2.36. The molecule has 0 fully saturated rings. The standard InChI is InChI=1S/C9H14NO7P/c1-15-9(13)7(8(11)12)6(4-5-10)18(14,16-2)17-3/h6-7H,4H2,1-3H3,(H,11,12). The van der Waals surface area contributed by atoms with Crippen LogP contribution in [0, 0.1) is 17.2 Å². The predicted molar refractivity (Wildman–Crippen MR) is 58.8 cm³/mol. The first-order valence-corrected chi connectivity index (χ1v) is 6.37. The molecule has 0 saturated carbocycles. The molecule has 0 aliphatic heterocycles. The highest BCUT2D eigenvalue weighted by Crippen LogP contribution is 2.55. The molecule has 0 spiro atoms. The first kappa shape index (κ1) is 16.6. The van der Waals surface area contributed by atoms with Gasteiger partial charge in [0.2, 0.25) is 0 Å². The lowest BCUT2D eigenvalue weighted by Gasteiger charge is -2.25. The number of hydrogen-bond donors (Lipinski definition) is 1. The molecular weight excluding hydrogens is 265 g/mol. The van der Waals surface area contributed by atoms with Crippen molar-refractivity contribution in [2.24, 2.45) is 5.92 Å². The van der Waals surface area contributed by atoms with Crippen LogP contribution in [0.2, 0.25) is 0 Å². The Balaban J connectivity index is 5.56. The lowest BCUT2D eigenvalue weighted by Crippen LogP contribution is -2.36. The molecule has 102 valence electrons. The van der Waals surface area contributed by atoms with E-state index in [9.17, 15) is 14.2 Å². The predicted octanol–water partition coefficient (Wildman–Crippen LogP) is 0.628. The van der Waals surface area contributed by atoms with E-state index < -0.39 is 37.5 Å². The molecule has 0 aromatic carbocycles. The maximum Gasteiger partial charge on any atom is 0.335 e. The fraction of sp³-hybridized carbons (Fsp3) is 0.667. The van der Waals surface area contributed by atoms with Crippen LogP contribution in [0.5, 0.6) is 0 Å². The SMILES string of the molecule is COC(=O)C(C(=O)O)C(CC#N)P(=O)(OC)OC. The van der Waals surface area contributed by atoms with Crippen molar-refractivity contribution >= 4 is 19.5 Å².